The van der Waals surface area contributed by atoms with Gasteiger partial charge in [-0.15, -0.1) is 0 Å². The average Bonchev–Trinajstić information content (AvgIpc) is 3.48. The molecule has 1 aliphatic carbocycles. The molecule has 0 bridgehead atoms. The Morgan fingerprint density at radius 1 is 1.04 bits per heavy atom. The molecule has 1 heterocycles. The number of amides is 1. The lowest BCUT2D eigenvalue weighted by atomic mass is 9.96. The summed E-state index contributed by atoms with van der Waals surface area (Å²) in [6, 6.07) is 12.3. The molecular formula is C20H18ClNO5. The molecule has 2 aliphatic rings. The minimum atomic E-state index is -0.651. The number of anilines is 1. The molecule has 6 nitrogen and oxygen atoms in total. The van der Waals surface area contributed by atoms with Gasteiger partial charge in [0.1, 0.15) is 13.2 Å². The summed E-state index contributed by atoms with van der Waals surface area (Å²) >= 11 is 5.90. The van der Waals surface area contributed by atoms with Crippen LogP contribution in [0.1, 0.15) is 18.4 Å². The molecule has 27 heavy (non-hydrogen) atoms. The molecule has 0 radical (unpaired) electrons. The summed E-state index contributed by atoms with van der Waals surface area (Å²) in [6.07, 6.45) is 1.41. The molecule has 0 unspecified atom stereocenters. The van der Waals surface area contributed by atoms with Crippen molar-refractivity contribution in [2.24, 2.45) is 0 Å². The Labute approximate surface area is 161 Å². The van der Waals surface area contributed by atoms with E-state index in [4.69, 9.17) is 25.8 Å². The number of nitrogens with one attached hydrogen (secondary N) is 1. The molecule has 1 fully saturated rings. The van der Waals surface area contributed by atoms with Gasteiger partial charge in [0.2, 0.25) is 0 Å². The van der Waals surface area contributed by atoms with Crippen molar-refractivity contribution in [2.75, 3.05) is 25.1 Å². The summed E-state index contributed by atoms with van der Waals surface area (Å²) in [5, 5.41) is 3.31. The van der Waals surface area contributed by atoms with Gasteiger partial charge in [0.05, 0.1) is 5.41 Å². The minimum absolute atomic E-state index is 0.345. The topological polar surface area (TPSA) is 73.9 Å². The van der Waals surface area contributed by atoms with Crippen LogP contribution in [0.2, 0.25) is 5.02 Å². The van der Waals surface area contributed by atoms with E-state index in [-0.39, 0.29) is 12.6 Å². The van der Waals surface area contributed by atoms with Crippen molar-refractivity contribution in [1.29, 1.82) is 0 Å². The van der Waals surface area contributed by atoms with Crippen molar-refractivity contribution >= 4 is 29.2 Å². The molecule has 0 saturated heterocycles. The molecule has 1 N–H and O–H groups in total. The first kappa shape index (κ1) is 17.7. The highest BCUT2D eigenvalue weighted by Gasteiger charge is 2.52. The van der Waals surface area contributed by atoms with Gasteiger partial charge in [0, 0.05) is 16.8 Å². The first-order valence-electron chi connectivity index (χ1n) is 8.70. The largest absolute Gasteiger partial charge is 0.486 e. The predicted octanol–water partition coefficient (Wildman–Crippen LogP) is 3.32. The molecule has 1 aliphatic heterocycles. The number of ether oxygens (including phenoxy) is 3. The first-order chi connectivity index (χ1) is 13.1. The van der Waals surface area contributed by atoms with Crippen LogP contribution < -0.4 is 14.8 Å². The highest BCUT2D eigenvalue weighted by Crippen LogP contribution is 2.49. The quantitative estimate of drug-likeness (QED) is 0.796. The number of halogens is 1. The fraction of sp³-hybridized carbons (Fsp3) is 0.300. The van der Waals surface area contributed by atoms with Gasteiger partial charge in [-0.2, -0.15) is 0 Å². The van der Waals surface area contributed by atoms with E-state index in [1.165, 1.54) is 0 Å². The zero-order chi connectivity index (χ0) is 18.9. The second-order valence-corrected chi connectivity index (χ2v) is 7.01. The van der Waals surface area contributed by atoms with E-state index in [0.29, 0.717) is 48.3 Å². The Morgan fingerprint density at radius 2 is 1.74 bits per heavy atom. The van der Waals surface area contributed by atoms with E-state index >= 15 is 0 Å². The van der Waals surface area contributed by atoms with Gasteiger partial charge in [-0.25, -0.2) is 0 Å². The van der Waals surface area contributed by atoms with Crippen molar-refractivity contribution in [3.05, 3.63) is 53.1 Å². The van der Waals surface area contributed by atoms with E-state index in [2.05, 4.69) is 5.32 Å². The van der Waals surface area contributed by atoms with Gasteiger partial charge in [-0.05, 0) is 42.7 Å². The Balaban J connectivity index is 1.34. The number of fused-ring (bicyclic) bond motifs is 1. The normalized spacial score (nSPS) is 16.3. The van der Waals surface area contributed by atoms with Crippen molar-refractivity contribution in [2.45, 2.75) is 18.3 Å². The van der Waals surface area contributed by atoms with E-state index in [9.17, 15) is 9.59 Å². The molecule has 7 heteroatoms. The third kappa shape index (κ3) is 3.71. The molecule has 4 rings (SSSR count). The predicted molar refractivity (Wildman–Crippen MR) is 99.4 cm³/mol. The zero-order valence-corrected chi connectivity index (χ0v) is 15.3. The van der Waals surface area contributed by atoms with Crippen molar-refractivity contribution in [3.8, 4) is 11.5 Å². The molecule has 0 aromatic heterocycles. The van der Waals surface area contributed by atoms with Gasteiger partial charge >= 0.3 is 5.97 Å². The number of benzene rings is 2. The summed E-state index contributed by atoms with van der Waals surface area (Å²) < 4.78 is 16.2. The summed E-state index contributed by atoms with van der Waals surface area (Å²) in [5.41, 5.74) is 0.769. The number of esters is 1. The SMILES string of the molecule is O=C(COC(=O)C1(c2ccc(Cl)cc2)CC1)Nc1ccc2c(c1)OCCO2. The monoisotopic (exact) mass is 387 g/mol. The third-order valence-electron chi connectivity index (χ3n) is 4.70. The van der Waals surface area contributed by atoms with Crippen LogP contribution in [-0.4, -0.2) is 31.7 Å². The second kappa shape index (κ2) is 7.12. The lowest BCUT2D eigenvalue weighted by Crippen LogP contribution is -2.28. The maximum Gasteiger partial charge on any atom is 0.317 e. The summed E-state index contributed by atoms with van der Waals surface area (Å²) in [4.78, 5) is 24.6. The first-order valence-corrected chi connectivity index (χ1v) is 9.07. The number of hydrogen-bond acceptors (Lipinski definition) is 5. The molecular weight excluding hydrogens is 370 g/mol. The standard InChI is InChI=1S/C20H18ClNO5/c21-14-3-1-13(2-4-14)20(7-8-20)19(24)27-12-18(23)22-15-5-6-16-17(11-15)26-10-9-25-16/h1-6,11H,7-10,12H2,(H,22,23). The fourth-order valence-electron chi connectivity index (χ4n) is 3.09. The molecule has 2 aromatic carbocycles. The summed E-state index contributed by atoms with van der Waals surface area (Å²) in [7, 11) is 0. The number of carbonyl (C=O) groups excluding carboxylic acids is 2. The number of rotatable bonds is 5. The van der Waals surface area contributed by atoms with Crippen LogP contribution in [-0.2, 0) is 19.7 Å². The Morgan fingerprint density at radius 3 is 2.44 bits per heavy atom. The zero-order valence-electron chi connectivity index (χ0n) is 14.5. The van der Waals surface area contributed by atoms with Gasteiger partial charge in [-0.1, -0.05) is 23.7 Å². The van der Waals surface area contributed by atoms with Crippen LogP contribution in [0.25, 0.3) is 0 Å². The Kier molecular flexibility index (Phi) is 4.66. The summed E-state index contributed by atoms with van der Waals surface area (Å²) in [5.74, 6) is 0.425. The minimum Gasteiger partial charge on any atom is -0.486 e. The van der Waals surface area contributed by atoms with Crippen LogP contribution in [0.3, 0.4) is 0 Å². The highest BCUT2D eigenvalue weighted by atomic mass is 35.5. The molecule has 0 atom stereocenters. The van der Waals surface area contributed by atoms with Gasteiger partial charge in [0.15, 0.2) is 18.1 Å². The lowest BCUT2D eigenvalue weighted by molar-refractivity contribution is -0.150. The van der Waals surface area contributed by atoms with Crippen LogP contribution >= 0.6 is 11.6 Å². The van der Waals surface area contributed by atoms with E-state index in [1.54, 1.807) is 30.3 Å². The van der Waals surface area contributed by atoms with Crippen LogP contribution in [0.15, 0.2) is 42.5 Å². The molecule has 140 valence electrons. The lowest BCUT2D eigenvalue weighted by Gasteiger charge is -2.19. The van der Waals surface area contributed by atoms with Crippen molar-refractivity contribution < 1.29 is 23.8 Å². The van der Waals surface area contributed by atoms with Gasteiger partial charge < -0.3 is 19.5 Å². The maximum atomic E-state index is 12.5. The molecule has 0 spiro atoms. The Hall–Kier alpha value is -2.73. The second-order valence-electron chi connectivity index (χ2n) is 6.57. The maximum absolute atomic E-state index is 12.5. The average molecular weight is 388 g/mol. The number of carbonyl (C=O) groups is 2. The van der Waals surface area contributed by atoms with E-state index in [1.807, 2.05) is 12.1 Å². The van der Waals surface area contributed by atoms with Crippen molar-refractivity contribution in [1.82, 2.24) is 0 Å². The number of hydrogen-bond donors (Lipinski definition) is 1. The van der Waals surface area contributed by atoms with Gasteiger partial charge in [-0.3, -0.25) is 9.59 Å². The summed E-state index contributed by atoms with van der Waals surface area (Å²) in [6.45, 7) is 0.626. The Bertz CT molecular complexity index is 876. The highest BCUT2D eigenvalue weighted by molar-refractivity contribution is 6.30. The van der Waals surface area contributed by atoms with E-state index < -0.39 is 11.3 Å². The molecule has 1 saturated carbocycles. The van der Waals surface area contributed by atoms with Crippen molar-refractivity contribution in [3.63, 3.8) is 0 Å². The molecule has 2 aromatic rings. The molecule has 1 amide bonds. The van der Waals surface area contributed by atoms with Crippen LogP contribution in [0, 0.1) is 0 Å². The van der Waals surface area contributed by atoms with Gasteiger partial charge in [0.25, 0.3) is 5.91 Å². The van der Waals surface area contributed by atoms with Crippen LogP contribution in [0.4, 0.5) is 5.69 Å². The fourth-order valence-corrected chi connectivity index (χ4v) is 3.22. The smallest absolute Gasteiger partial charge is 0.317 e. The van der Waals surface area contributed by atoms with E-state index in [0.717, 1.165) is 5.56 Å². The third-order valence-corrected chi connectivity index (χ3v) is 4.95. The van der Waals surface area contributed by atoms with Crippen LogP contribution in [0.5, 0.6) is 11.5 Å².